The van der Waals surface area contributed by atoms with Crippen LogP contribution in [-0.2, 0) is 17.7 Å². The van der Waals surface area contributed by atoms with Gasteiger partial charge >= 0.3 is 5.97 Å². The van der Waals surface area contributed by atoms with E-state index in [4.69, 9.17) is 16.3 Å². The van der Waals surface area contributed by atoms with Crippen LogP contribution >= 0.6 is 11.6 Å². The van der Waals surface area contributed by atoms with Crippen LogP contribution in [0.15, 0.2) is 6.07 Å². The van der Waals surface area contributed by atoms with Crippen molar-refractivity contribution in [2.24, 2.45) is 0 Å². The molecular weight excluding hydrogens is 252 g/mol. The molecule has 2 heterocycles. The van der Waals surface area contributed by atoms with Gasteiger partial charge in [0.25, 0.3) is 0 Å². The van der Waals surface area contributed by atoms with Crippen LogP contribution in [0.4, 0.5) is 0 Å². The third-order valence-electron chi connectivity index (χ3n) is 3.18. The van der Waals surface area contributed by atoms with Crippen LogP contribution in [0.2, 0.25) is 5.02 Å². The Kier molecular flexibility index (Phi) is 3.59. The third kappa shape index (κ3) is 2.65. The summed E-state index contributed by atoms with van der Waals surface area (Å²) >= 11 is 6.23. The SMILES string of the molecule is CCOC(=O)c1cc(Cl)c2c(n1)C[N+](C)(C)CC2. The maximum Gasteiger partial charge on any atom is 0.356 e. The molecule has 4 nitrogen and oxygen atoms in total. The van der Waals surface area contributed by atoms with Gasteiger partial charge in [-0.3, -0.25) is 0 Å². The second kappa shape index (κ2) is 4.86. The average molecular weight is 270 g/mol. The Hall–Kier alpha value is -1.13. The average Bonchev–Trinajstić information content (AvgIpc) is 2.27. The number of esters is 1. The molecule has 0 saturated carbocycles. The molecule has 1 aromatic rings. The highest BCUT2D eigenvalue weighted by Gasteiger charge is 2.28. The molecule has 0 bridgehead atoms. The van der Waals surface area contributed by atoms with Gasteiger partial charge in [0.15, 0.2) is 0 Å². The van der Waals surface area contributed by atoms with E-state index in [-0.39, 0.29) is 0 Å². The summed E-state index contributed by atoms with van der Waals surface area (Å²) in [6, 6.07) is 1.61. The summed E-state index contributed by atoms with van der Waals surface area (Å²) in [5.74, 6) is -0.405. The molecule has 0 amide bonds. The lowest BCUT2D eigenvalue weighted by Gasteiger charge is -2.34. The Balaban J connectivity index is 2.38. The molecule has 0 aliphatic carbocycles. The minimum absolute atomic E-state index is 0.308. The van der Waals surface area contributed by atoms with Crippen molar-refractivity contribution >= 4 is 17.6 Å². The zero-order valence-corrected chi connectivity index (χ0v) is 11.8. The van der Waals surface area contributed by atoms with Gasteiger partial charge in [0.1, 0.15) is 17.9 Å². The highest BCUT2D eigenvalue weighted by molar-refractivity contribution is 6.31. The fraction of sp³-hybridized carbons (Fsp3) is 0.538. The normalized spacial score (nSPS) is 17.1. The van der Waals surface area contributed by atoms with Gasteiger partial charge in [-0.05, 0) is 13.0 Å². The topological polar surface area (TPSA) is 39.2 Å². The third-order valence-corrected chi connectivity index (χ3v) is 3.52. The number of rotatable bonds is 2. The van der Waals surface area contributed by atoms with E-state index < -0.39 is 5.97 Å². The van der Waals surface area contributed by atoms with Crippen LogP contribution in [0.5, 0.6) is 0 Å². The van der Waals surface area contributed by atoms with E-state index in [2.05, 4.69) is 19.1 Å². The zero-order chi connectivity index (χ0) is 13.3. The molecular formula is C13H18ClN2O2+. The number of carbonyl (C=O) groups is 1. The molecule has 0 radical (unpaired) electrons. The quantitative estimate of drug-likeness (QED) is 0.609. The van der Waals surface area contributed by atoms with E-state index >= 15 is 0 Å². The van der Waals surface area contributed by atoms with Crippen LogP contribution in [0.25, 0.3) is 0 Å². The first-order chi connectivity index (χ1) is 8.43. The number of hydrogen-bond donors (Lipinski definition) is 0. The number of likely N-dealkylation sites (N-methyl/N-ethyl adjacent to an activating group) is 1. The summed E-state index contributed by atoms with van der Waals surface area (Å²) in [5.41, 5.74) is 2.30. The minimum Gasteiger partial charge on any atom is -0.461 e. The Morgan fingerprint density at radius 1 is 1.56 bits per heavy atom. The first-order valence-corrected chi connectivity index (χ1v) is 6.48. The van der Waals surface area contributed by atoms with Crippen molar-refractivity contribution < 1.29 is 14.0 Å². The van der Waals surface area contributed by atoms with Gasteiger partial charge in [-0.25, -0.2) is 9.78 Å². The van der Waals surface area contributed by atoms with E-state index in [1.807, 2.05) is 0 Å². The van der Waals surface area contributed by atoms with Crippen molar-refractivity contribution in [3.05, 3.63) is 28.0 Å². The molecule has 1 aliphatic heterocycles. The summed E-state index contributed by atoms with van der Waals surface area (Å²) < 4.78 is 5.82. The van der Waals surface area contributed by atoms with Crippen molar-refractivity contribution in [1.29, 1.82) is 0 Å². The number of quaternary nitrogens is 1. The Morgan fingerprint density at radius 2 is 2.28 bits per heavy atom. The van der Waals surface area contributed by atoms with Crippen LogP contribution < -0.4 is 0 Å². The second-order valence-electron chi connectivity index (χ2n) is 5.20. The number of carbonyl (C=O) groups excluding carboxylic acids is 1. The Bertz CT molecular complexity index is 486. The highest BCUT2D eigenvalue weighted by Crippen LogP contribution is 2.27. The smallest absolute Gasteiger partial charge is 0.356 e. The van der Waals surface area contributed by atoms with Crippen molar-refractivity contribution in [3.63, 3.8) is 0 Å². The fourth-order valence-corrected chi connectivity index (χ4v) is 2.50. The lowest BCUT2D eigenvalue weighted by Crippen LogP contribution is -2.44. The number of ether oxygens (including phenoxy) is 1. The lowest BCUT2D eigenvalue weighted by atomic mass is 10.0. The first kappa shape index (κ1) is 13.3. The lowest BCUT2D eigenvalue weighted by molar-refractivity contribution is -0.905. The number of nitrogens with zero attached hydrogens (tertiary/aromatic N) is 2. The summed E-state index contributed by atoms with van der Waals surface area (Å²) in [7, 11) is 4.30. The number of fused-ring (bicyclic) bond motifs is 1. The van der Waals surface area contributed by atoms with Crippen LogP contribution in [0.1, 0.15) is 28.7 Å². The predicted octanol–water partition coefficient (Wildman–Crippen LogP) is 2.04. The van der Waals surface area contributed by atoms with E-state index in [0.717, 1.165) is 35.3 Å². The first-order valence-electron chi connectivity index (χ1n) is 6.10. The van der Waals surface area contributed by atoms with Gasteiger partial charge in [0, 0.05) is 17.0 Å². The molecule has 98 valence electrons. The fourth-order valence-electron chi connectivity index (χ4n) is 2.19. The molecule has 0 aromatic carbocycles. The van der Waals surface area contributed by atoms with Gasteiger partial charge in [-0.1, -0.05) is 11.6 Å². The van der Waals surface area contributed by atoms with Gasteiger partial charge in [-0.2, -0.15) is 0 Å². The number of hydrogen-bond acceptors (Lipinski definition) is 3. The van der Waals surface area contributed by atoms with Crippen molar-refractivity contribution in [2.45, 2.75) is 19.9 Å². The van der Waals surface area contributed by atoms with Gasteiger partial charge in [0.05, 0.1) is 27.2 Å². The van der Waals surface area contributed by atoms with E-state index in [1.54, 1.807) is 13.0 Å². The summed E-state index contributed by atoms with van der Waals surface area (Å²) in [6.45, 7) is 3.95. The van der Waals surface area contributed by atoms with E-state index in [0.29, 0.717) is 17.3 Å². The van der Waals surface area contributed by atoms with Gasteiger partial charge < -0.3 is 9.22 Å². The van der Waals surface area contributed by atoms with Crippen molar-refractivity contribution in [1.82, 2.24) is 4.98 Å². The Labute approximate surface area is 112 Å². The molecule has 0 N–H and O–H groups in total. The molecule has 0 spiro atoms. The van der Waals surface area contributed by atoms with Gasteiger partial charge in [-0.15, -0.1) is 0 Å². The Morgan fingerprint density at radius 3 is 2.94 bits per heavy atom. The highest BCUT2D eigenvalue weighted by atomic mass is 35.5. The van der Waals surface area contributed by atoms with Crippen molar-refractivity contribution in [3.8, 4) is 0 Å². The minimum atomic E-state index is -0.405. The molecule has 0 unspecified atom stereocenters. The number of halogens is 1. The van der Waals surface area contributed by atoms with Crippen LogP contribution in [0, 0.1) is 0 Å². The van der Waals surface area contributed by atoms with Crippen LogP contribution in [0.3, 0.4) is 0 Å². The molecule has 1 aliphatic rings. The molecule has 18 heavy (non-hydrogen) atoms. The largest absolute Gasteiger partial charge is 0.461 e. The van der Waals surface area contributed by atoms with E-state index in [9.17, 15) is 4.79 Å². The zero-order valence-electron chi connectivity index (χ0n) is 11.0. The number of aromatic nitrogens is 1. The molecule has 0 saturated heterocycles. The molecule has 0 fully saturated rings. The second-order valence-corrected chi connectivity index (χ2v) is 5.61. The molecule has 5 heteroatoms. The van der Waals surface area contributed by atoms with Crippen molar-refractivity contribution in [2.75, 3.05) is 27.2 Å². The standard InChI is InChI=1S/C13H18ClN2O2/c1-4-18-13(17)11-7-10(14)9-5-6-16(2,3)8-12(9)15-11/h7H,4-6,8H2,1-3H3/q+1. The van der Waals surface area contributed by atoms with Crippen LogP contribution in [-0.4, -0.2) is 42.7 Å². The van der Waals surface area contributed by atoms with Gasteiger partial charge in [0.2, 0.25) is 0 Å². The molecule has 2 rings (SSSR count). The summed E-state index contributed by atoms with van der Waals surface area (Å²) in [4.78, 5) is 16.1. The monoisotopic (exact) mass is 269 g/mol. The maximum absolute atomic E-state index is 11.7. The summed E-state index contributed by atoms with van der Waals surface area (Å²) in [6.07, 6.45) is 0.900. The van der Waals surface area contributed by atoms with E-state index in [1.165, 1.54) is 0 Å². The maximum atomic E-state index is 11.7. The predicted molar refractivity (Wildman–Crippen MR) is 69.6 cm³/mol. The summed E-state index contributed by atoms with van der Waals surface area (Å²) in [5, 5.41) is 0.628. The molecule has 1 aromatic heterocycles. The number of pyridine rings is 1. The molecule has 0 atom stereocenters.